The molecule has 2 fully saturated rings. The van der Waals surface area contributed by atoms with Gasteiger partial charge in [-0.15, -0.1) is 0 Å². The van der Waals surface area contributed by atoms with E-state index in [4.69, 9.17) is 14.5 Å². The Balaban J connectivity index is 1.17. The van der Waals surface area contributed by atoms with E-state index in [2.05, 4.69) is 14.8 Å². The third-order valence-corrected chi connectivity index (χ3v) is 11.0. The molecular formula is C34H38FN5O4S. The third kappa shape index (κ3) is 6.38. The summed E-state index contributed by atoms with van der Waals surface area (Å²) < 4.78 is 54.3. The lowest BCUT2D eigenvalue weighted by molar-refractivity contribution is 0.209. The number of sulfonamides is 1. The van der Waals surface area contributed by atoms with Gasteiger partial charge in [0.1, 0.15) is 24.0 Å². The van der Waals surface area contributed by atoms with Crippen LogP contribution in [0.25, 0.3) is 0 Å². The molecular weight excluding hydrogens is 593 g/mol. The molecule has 1 aromatic heterocycles. The number of fused-ring (bicyclic) bond motifs is 2. The van der Waals surface area contributed by atoms with E-state index in [-0.39, 0.29) is 23.3 Å². The van der Waals surface area contributed by atoms with Crippen LogP contribution in [0, 0.1) is 19.7 Å². The molecule has 11 heteroatoms. The molecule has 0 aliphatic carbocycles. The van der Waals surface area contributed by atoms with E-state index in [1.807, 2.05) is 48.5 Å². The van der Waals surface area contributed by atoms with Gasteiger partial charge in [-0.3, -0.25) is 4.90 Å². The van der Waals surface area contributed by atoms with Crippen molar-refractivity contribution in [3.63, 3.8) is 0 Å². The normalized spacial score (nSPS) is 18.8. The van der Waals surface area contributed by atoms with Crippen molar-refractivity contribution in [1.29, 1.82) is 0 Å². The molecule has 0 amide bonds. The predicted octanol–water partition coefficient (Wildman–Crippen LogP) is 5.15. The molecule has 3 unspecified atom stereocenters. The summed E-state index contributed by atoms with van der Waals surface area (Å²) in [6.07, 6.45) is 2.71. The van der Waals surface area contributed by atoms with E-state index in [0.29, 0.717) is 29.0 Å². The van der Waals surface area contributed by atoms with Crippen LogP contribution < -0.4 is 14.4 Å². The number of likely N-dealkylation sites (N-methyl/N-ethyl adjacent to an activating group) is 1. The van der Waals surface area contributed by atoms with Gasteiger partial charge >= 0.3 is 6.01 Å². The van der Waals surface area contributed by atoms with E-state index >= 15 is 0 Å². The Kier molecular flexibility index (Phi) is 8.76. The molecule has 2 aliphatic heterocycles. The van der Waals surface area contributed by atoms with Gasteiger partial charge in [0.2, 0.25) is 10.0 Å². The minimum Gasteiger partial charge on any atom is -0.497 e. The van der Waals surface area contributed by atoms with E-state index in [1.54, 1.807) is 46.3 Å². The molecule has 6 rings (SSSR count). The Bertz CT molecular complexity index is 1730. The van der Waals surface area contributed by atoms with Gasteiger partial charge in [-0.2, -0.15) is 9.29 Å². The largest absolute Gasteiger partial charge is 0.497 e. The second kappa shape index (κ2) is 12.7. The van der Waals surface area contributed by atoms with E-state index in [1.165, 1.54) is 16.4 Å². The molecule has 236 valence electrons. The lowest BCUT2D eigenvalue weighted by Crippen LogP contribution is -2.46. The molecule has 45 heavy (non-hydrogen) atoms. The van der Waals surface area contributed by atoms with Gasteiger partial charge in [0.15, 0.2) is 0 Å². The molecule has 2 aliphatic rings. The minimum absolute atomic E-state index is 0.0228. The maximum atomic E-state index is 14.0. The Hall–Kier alpha value is -4.06. The summed E-state index contributed by atoms with van der Waals surface area (Å²) in [4.78, 5) is 14.1. The molecule has 0 saturated carbocycles. The van der Waals surface area contributed by atoms with E-state index in [0.717, 1.165) is 43.0 Å². The van der Waals surface area contributed by atoms with Crippen molar-refractivity contribution in [1.82, 2.24) is 19.2 Å². The highest BCUT2D eigenvalue weighted by molar-refractivity contribution is 7.89. The molecule has 3 aromatic carbocycles. The van der Waals surface area contributed by atoms with Crippen molar-refractivity contribution < 1.29 is 22.3 Å². The first-order valence-electron chi connectivity index (χ1n) is 15.0. The highest BCUT2D eigenvalue weighted by Gasteiger charge is 2.43. The number of rotatable bonds is 11. The molecule has 9 nitrogen and oxygen atoms in total. The standard InChI is InChI=1S/C34H38FN5O4S/c1-23-16-30(43-4)17-24(2)33(23)45(41,42)38(3)31(26-8-6-5-7-9-26)22-44-34-36-15-14-32(37-34)40-21-28-18-29(40)20-39(28)19-25-10-12-27(35)13-11-25/h5-17,28-29,31H,18-22H2,1-4H3. The first-order chi connectivity index (χ1) is 21.6. The van der Waals surface area contributed by atoms with Gasteiger partial charge < -0.3 is 14.4 Å². The lowest BCUT2D eigenvalue weighted by atomic mass is 10.1. The van der Waals surface area contributed by atoms with Gasteiger partial charge in [-0.25, -0.2) is 17.8 Å². The maximum absolute atomic E-state index is 14.0. The van der Waals surface area contributed by atoms with Gasteiger partial charge in [0.25, 0.3) is 0 Å². The number of anilines is 1. The zero-order valence-corrected chi connectivity index (χ0v) is 26.7. The fraction of sp³-hybridized carbons (Fsp3) is 0.353. The quantitative estimate of drug-likeness (QED) is 0.225. The van der Waals surface area contributed by atoms with Crippen LogP contribution in [-0.2, 0) is 16.6 Å². The van der Waals surface area contributed by atoms with Gasteiger partial charge in [0, 0.05) is 45.0 Å². The van der Waals surface area contributed by atoms with Crippen LogP contribution in [0.1, 0.15) is 34.7 Å². The van der Waals surface area contributed by atoms with Crippen molar-refractivity contribution >= 4 is 15.8 Å². The summed E-state index contributed by atoms with van der Waals surface area (Å²) >= 11 is 0. The van der Waals surface area contributed by atoms with Crippen LogP contribution in [0.15, 0.2) is 83.9 Å². The topological polar surface area (TPSA) is 88.1 Å². The van der Waals surface area contributed by atoms with Crippen LogP contribution in [0.5, 0.6) is 11.8 Å². The summed E-state index contributed by atoms with van der Waals surface area (Å²) in [6.45, 7) is 6.09. The van der Waals surface area contributed by atoms with E-state index in [9.17, 15) is 12.8 Å². The first kappa shape index (κ1) is 30.9. The van der Waals surface area contributed by atoms with Crippen LogP contribution in [-0.4, -0.2) is 73.5 Å². The van der Waals surface area contributed by atoms with Crippen molar-refractivity contribution in [2.45, 2.75) is 49.8 Å². The highest BCUT2D eigenvalue weighted by Crippen LogP contribution is 2.36. The Morgan fingerprint density at radius 1 is 1.00 bits per heavy atom. The second-order valence-corrected chi connectivity index (χ2v) is 13.7. The van der Waals surface area contributed by atoms with Crippen molar-refractivity contribution in [3.05, 3.63) is 107 Å². The van der Waals surface area contributed by atoms with Gasteiger partial charge in [-0.05, 0) is 72.9 Å². The summed E-state index contributed by atoms with van der Waals surface area (Å²) in [6, 6.07) is 21.7. The number of nitrogens with zero attached hydrogens (tertiary/aromatic N) is 5. The number of ether oxygens (including phenoxy) is 2. The molecule has 3 atom stereocenters. The van der Waals surface area contributed by atoms with Gasteiger partial charge in [-0.1, -0.05) is 42.5 Å². The molecule has 0 radical (unpaired) electrons. The van der Waals surface area contributed by atoms with Crippen molar-refractivity contribution in [2.75, 3.05) is 38.8 Å². The van der Waals surface area contributed by atoms with E-state index < -0.39 is 16.1 Å². The number of hydrogen-bond acceptors (Lipinski definition) is 8. The summed E-state index contributed by atoms with van der Waals surface area (Å²) in [7, 11) is -0.767. The smallest absolute Gasteiger partial charge is 0.318 e. The highest BCUT2D eigenvalue weighted by atomic mass is 32.2. The number of likely N-dealkylation sites (tertiary alicyclic amines) is 1. The summed E-state index contributed by atoms with van der Waals surface area (Å²) in [5.74, 6) is 1.18. The fourth-order valence-corrected chi connectivity index (χ4v) is 8.33. The first-order valence-corrected chi connectivity index (χ1v) is 16.5. The average molecular weight is 632 g/mol. The fourth-order valence-electron chi connectivity index (χ4n) is 6.60. The summed E-state index contributed by atoms with van der Waals surface area (Å²) in [5, 5.41) is 0. The minimum atomic E-state index is -3.91. The number of benzene rings is 3. The molecule has 0 N–H and O–H groups in total. The average Bonchev–Trinajstić information content (AvgIpc) is 3.63. The van der Waals surface area contributed by atoms with Gasteiger partial charge in [0.05, 0.1) is 18.0 Å². The molecule has 0 spiro atoms. The second-order valence-electron chi connectivity index (χ2n) is 11.8. The van der Waals surface area contributed by atoms with Crippen LogP contribution in [0.3, 0.4) is 0 Å². The number of piperazine rings is 1. The van der Waals surface area contributed by atoms with Crippen LogP contribution >= 0.6 is 0 Å². The number of aryl methyl sites for hydroxylation is 2. The molecule has 2 saturated heterocycles. The zero-order valence-electron chi connectivity index (χ0n) is 25.9. The Labute approximate surface area is 264 Å². The number of halogens is 1. The number of hydrogen-bond donors (Lipinski definition) is 0. The Morgan fingerprint density at radius 2 is 1.71 bits per heavy atom. The van der Waals surface area contributed by atoms with Crippen molar-refractivity contribution in [2.24, 2.45) is 0 Å². The summed E-state index contributed by atoms with van der Waals surface area (Å²) in [5.41, 5.74) is 3.12. The molecule has 3 heterocycles. The predicted molar refractivity (Wildman–Crippen MR) is 170 cm³/mol. The lowest BCUT2D eigenvalue weighted by Gasteiger charge is -2.35. The SMILES string of the molecule is COc1cc(C)c(S(=O)(=O)N(C)C(COc2nccc(N3CC4CC3CN4Cc3ccc(F)cc3)n2)c2ccccc2)c(C)c1. The molecule has 2 bridgehead atoms. The maximum Gasteiger partial charge on any atom is 0.318 e. The Morgan fingerprint density at radius 3 is 2.36 bits per heavy atom. The third-order valence-electron chi connectivity index (χ3n) is 8.87. The van der Waals surface area contributed by atoms with Crippen LogP contribution in [0.2, 0.25) is 0 Å². The number of aromatic nitrogens is 2. The van der Waals surface area contributed by atoms with Crippen molar-refractivity contribution in [3.8, 4) is 11.8 Å². The number of methoxy groups -OCH3 is 1. The van der Waals surface area contributed by atoms with Crippen LogP contribution in [0.4, 0.5) is 10.2 Å². The zero-order chi connectivity index (χ0) is 31.7. The monoisotopic (exact) mass is 631 g/mol. The molecule has 4 aromatic rings.